The van der Waals surface area contributed by atoms with Crippen LogP contribution in [0.4, 0.5) is 0 Å². The fourth-order valence-electron chi connectivity index (χ4n) is 5.84. The van der Waals surface area contributed by atoms with Crippen molar-refractivity contribution in [2.75, 3.05) is 33.0 Å². The van der Waals surface area contributed by atoms with Gasteiger partial charge in [-0.3, -0.25) is 9.59 Å². The molecule has 0 aromatic carbocycles. The molecular weight excluding hydrogens is 700 g/mol. The van der Waals surface area contributed by atoms with E-state index in [2.05, 4.69) is 10.6 Å². The van der Waals surface area contributed by atoms with E-state index in [9.17, 15) is 76.0 Å². The number of ether oxygens (including phenoxy) is 6. The fraction of sp³-hybridized carbons (Fsp3) is 0.929. The molecule has 3 rings (SSSR count). The first-order valence-electron chi connectivity index (χ1n) is 16.0. The maximum Gasteiger partial charge on any atom is 0.217 e. The van der Waals surface area contributed by atoms with Crippen molar-refractivity contribution in [3.05, 3.63) is 0 Å². The second kappa shape index (κ2) is 19.5. The van der Waals surface area contributed by atoms with E-state index in [1.807, 2.05) is 0 Å². The molecule has 3 heterocycles. The first-order valence-corrected chi connectivity index (χ1v) is 16.0. The predicted octanol–water partition coefficient (Wildman–Crippen LogP) is -9.83. The summed E-state index contributed by atoms with van der Waals surface area (Å²) in [6.45, 7) is -2.46. The average molecular weight is 751 g/mol. The number of hydrogen-bond donors (Lipinski definition) is 15. The summed E-state index contributed by atoms with van der Waals surface area (Å²) in [5, 5.41) is 139. The Hall–Kier alpha value is -1.82. The monoisotopic (exact) mass is 750 g/mol. The lowest BCUT2D eigenvalue weighted by atomic mass is 9.96. The van der Waals surface area contributed by atoms with Crippen LogP contribution in [0.3, 0.4) is 0 Å². The largest absolute Gasteiger partial charge is 0.394 e. The van der Waals surface area contributed by atoms with Crippen molar-refractivity contribution in [1.29, 1.82) is 0 Å². The molecule has 0 aromatic rings. The molecule has 3 aliphatic rings. The molecule has 15 N–H and O–H groups in total. The summed E-state index contributed by atoms with van der Waals surface area (Å²) in [4.78, 5) is 23.7. The summed E-state index contributed by atoms with van der Waals surface area (Å²) in [5.74, 6) is -1.43. The fourth-order valence-corrected chi connectivity index (χ4v) is 5.84. The van der Waals surface area contributed by atoms with E-state index in [4.69, 9.17) is 28.4 Å². The number of amides is 2. The van der Waals surface area contributed by atoms with Crippen LogP contribution in [0.15, 0.2) is 0 Å². The molecule has 0 radical (unpaired) electrons. The van der Waals surface area contributed by atoms with Gasteiger partial charge in [0.05, 0.1) is 33.0 Å². The van der Waals surface area contributed by atoms with E-state index in [-0.39, 0.29) is 0 Å². The number of aliphatic hydroxyl groups excluding tert-OH is 13. The third-order valence-electron chi connectivity index (χ3n) is 8.66. The minimum atomic E-state index is -2.23. The van der Waals surface area contributed by atoms with Gasteiger partial charge in [-0.15, -0.1) is 0 Å². The first kappa shape index (κ1) is 43.6. The third-order valence-corrected chi connectivity index (χ3v) is 8.66. The molecule has 0 unspecified atom stereocenters. The van der Waals surface area contributed by atoms with Gasteiger partial charge in [-0.2, -0.15) is 0 Å². The van der Waals surface area contributed by atoms with E-state index in [0.29, 0.717) is 0 Å². The molecule has 0 bridgehead atoms. The SMILES string of the molecule is CC(=O)N[C@H]1[C@H](OC[C@@H](O)[C@@H](O[C@@H]2O[C@H](CO)[C@H](O)[C@H](O)[C@H]2O)[C@H](O)[C@@H](CO)O[C@@H]2O[C@H](CO)[C@@H](O)[C@H](O)[C@H]2NC(C)=O)O[C@H](CO)[C@@H](O)[C@@H]1O. The molecule has 2 amide bonds. The van der Waals surface area contributed by atoms with E-state index < -0.39 is 161 Å². The van der Waals surface area contributed by atoms with Gasteiger partial charge in [0.2, 0.25) is 11.8 Å². The van der Waals surface area contributed by atoms with Crippen LogP contribution in [0, 0.1) is 0 Å². The molecule has 3 aliphatic heterocycles. The summed E-state index contributed by atoms with van der Waals surface area (Å²) in [5.41, 5.74) is 0. The molecule has 0 aliphatic carbocycles. The van der Waals surface area contributed by atoms with E-state index in [1.54, 1.807) is 0 Å². The summed E-state index contributed by atoms with van der Waals surface area (Å²) in [7, 11) is 0. The van der Waals surface area contributed by atoms with Crippen LogP contribution in [-0.4, -0.2) is 228 Å². The Labute approximate surface area is 290 Å². The summed E-state index contributed by atoms with van der Waals surface area (Å²) >= 11 is 0. The van der Waals surface area contributed by atoms with E-state index >= 15 is 0 Å². The Morgan fingerprint density at radius 2 is 1.04 bits per heavy atom. The zero-order valence-electron chi connectivity index (χ0n) is 27.6. The lowest BCUT2D eigenvalue weighted by molar-refractivity contribution is -0.338. The van der Waals surface area contributed by atoms with Crippen LogP contribution in [0.25, 0.3) is 0 Å². The number of nitrogens with one attached hydrogen (secondary N) is 2. The van der Waals surface area contributed by atoms with Crippen molar-refractivity contribution < 1.29 is 104 Å². The van der Waals surface area contributed by atoms with E-state index in [0.717, 1.165) is 13.8 Å². The van der Waals surface area contributed by atoms with Crippen LogP contribution in [0.2, 0.25) is 0 Å². The van der Waals surface area contributed by atoms with Crippen LogP contribution >= 0.6 is 0 Å². The van der Waals surface area contributed by atoms with Crippen LogP contribution in [0.5, 0.6) is 0 Å². The zero-order chi connectivity index (χ0) is 38.3. The van der Waals surface area contributed by atoms with Gasteiger partial charge in [0.25, 0.3) is 0 Å². The number of rotatable bonds is 16. The van der Waals surface area contributed by atoms with Crippen molar-refractivity contribution in [2.45, 2.75) is 130 Å². The number of aliphatic hydroxyl groups is 13. The lowest BCUT2D eigenvalue weighted by Gasteiger charge is -2.45. The first-order chi connectivity index (χ1) is 24.0. The molecule has 3 fully saturated rings. The highest BCUT2D eigenvalue weighted by atomic mass is 16.7. The Kier molecular flexibility index (Phi) is 16.7. The van der Waals surface area contributed by atoms with Crippen molar-refractivity contribution in [2.24, 2.45) is 0 Å². The molecule has 0 saturated carbocycles. The maximum absolute atomic E-state index is 11.9. The van der Waals surface area contributed by atoms with Crippen LogP contribution < -0.4 is 10.6 Å². The van der Waals surface area contributed by atoms with Crippen molar-refractivity contribution >= 4 is 11.8 Å². The van der Waals surface area contributed by atoms with Crippen molar-refractivity contribution in [1.82, 2.24) is 10.6 Å². The molecule has 3 saturated heterocycles. The number of carbonyl (C=O) groups excluding carboxylic acids is 2. The van der Waals surface area contributed by atoms with Gasteiger partial charge < -0.3 is 105 Å². The van der Waals surface area contributed by atoms with Gasteiger partial charge >= 0.3 is 0 Å². The summed E-state index contributed by atoms with van der Waals surface area (Å²) in [6, 6.07) is -3.01. The molecule has 19 atom stereocenters. The molecule has 0 spiro atoms. The predicted molar refractivity (Wildman–Crippen MR) is 159 cm³/mol. The Balaban J connectivity index is 1.92. The van der Waals surface area contributed by atoms with Gasteiger partial charge in [-0.05, 0) is 0 Å². The Morgan fingerprint density at radius 3 is 1.49 bits per heavy atom. The zero-order valence-corrected chi connectivity index (χ0v) is 27.6. The van der Waals surface area contributed by atoms with Gasteiger partial charge in [0.1, 0.15) is 97.5 Å². The topological polar surface area (TPSA) is 377 Å². The molecule has 0 aromatic heterocycles. The lowest BCUT2D eigenvalue weighted by Crippen LogP contribution is -2.66. The summed E-state index contributed by atoms with van der Waals surface area (Å²) in [6.07, 6.45) is -31.0. The second-order valence-electron chi connectivity index (χ2n) is 12.4. The highest BCUT2D eigenvalue weighted by molar-refractivity contribution is 5.73. The van der Waals surface area contributed by atoms with Gasteiger partial charge in [0, 0.05) is 13.8 Å². The standard InChI is InChI=1S/C28H50N2O21/c1-8(35)29-15-21(42)17(38)11(3-31)47-26(15)46-7-10(37)25(51-28-24(45)23(44)19(40)13(5-33)50-28)20(41)14(6-34)49-27-16(30-9(2)36)22(43)18(39)12(4-32)48-27/h10-28,31-34,37-45H,3-7H2,1-2H3,(H,29,35)(H,30,36)/t10-,11-,12-,13-,14-,15-,16-,17-,18-,19+,20-,21-,22-,23+,24-,25-,26-,27+,28+/m1/s1. The van der Waals surface area contributed by atoms with Gasteiger partial charge in [0.15, 0.2) is 18.9 Å². The van der Waals surface area contributed by atoms with Gasteiger partial charge in [-0.1, -0.05) is 0 Å². The van der Waals surface area contributed by atoms with Crippen molar-refractivity contribution in [3.63, 3.8) is 0 Å². The third kappa shape index (κ3) is 10.4. The maximum atomic E-state index is 11.9. The van der Waals surface area contributed by atoms with Crippen LogP contribution in [-0.2, 0) is 38.0 Å². The second-order valence-corrected chi connectivity index (χ2v) is 12.4. The Bertz CT molecular complexity index is 1090. The molecule has 51 heavy (non-hydrogen) atoms. The number of carbonyl (C=O) groups is 2. The smallest absolute Gasteiger partial charge is 0.217 e. The average Bonchev–Trinajstić information content (AvgIpc) is 3.09. The minimum Gasteiger partial charge on any atom is -0.394 e. The molecular formula is C28H50N2O21. The molecule has 23 nitrogen and oxygen atoms in total. The van der Waals surface area contributed by atoms with Crippen molar-refractivity contribution in [3.8, 4) is 0 Å². The molecule has 23 heteroatoms. The van der Waals surface area contributed by atoms with Crippen LogP contribution in [0.1, 0.15) is 13.8 Å². The van der Waals surface area contributed by atoms with Gasteiger partial charge in [-0.25, -0.2) is 0 Å². The molecule has 298 valence electrons. The minimum absolute atomic E-state index is 0.697. The Morgan fingerprint density at radius 1 is 0.608 bits per heavy atom. The quantitative estimate of drug-likeness (QED) is 0.0696. The van der Waals surface area contributed by atoms with E-state index in [1.165, 1.54) is 0 Å². The number of hydrogen-bond acceptors (Lipinski definition) is 21. The summed E-state index contributed by atoms with van der Waals surface area (Å²) < 4.78 is 33.1. The highest BCUT2D eigenvalue weighted by Crippen LogP contribution is 2.29. The highest BCUT2D eigenvalue weighted by Gasteiger charge is 2.51. The normalized spacial score (nSPS) is 41.3.